The van der Waals surface area contributed by atoms with Gasteiger partial charge in [-0.05, 0) is 24.3 Å². The van der Waals surface area contributed by atoms with E-state index in [1.54, 1.807) is 0 Å². The Labute approximate surface area is 104 Å². The van der Waals surface area contributed by atoms with Gasteiger partial charge in [0.15, 0.2) is 0 Å². The topological polar surface area (TPSA) is 74.6 Å². The third-order valence-corrected chi connectivity index (χ3v) is 1.38. The van der Waals surface area contributed by atoms with Gasteiger partial charge in [-0.25, -0.2) is 9.59 Å². The van der Waals surface area contributed by atoms with Crippen LogP contribution in [0.4, 0.5) is 0 Å². The number of carbonyl (C=O) groups is 2. The maximum absolute atomic E-state index is 10.3. The average Bonchev–Trinajstić information content (AvgIpc) is 2.04. The third-order valence-electron chi connectivity index (χ3n) is 1.38. The van der Waals surface area contributed by atoms with E-state index in [4.69, 9.17) is 10.2 Å². The van der Waals surface area contributed by atoms with Gasteiger partial charge in [0.2, 0.25) is 0 Å². The quantitative estimate of drug-likeness (QED) is 0.456. The third kappa shape index (κ3) is 3.91. The van der Waals surface area contributed by atoms with E-state index in [9.17, 15) is 9.59 Å². The van der Waals surface area contributed by atoms with Gasteiger partial charge < -0.3 is 17.6 Å². The molecule has 0 aliphatic heterocycles. The van der Waals surface area contributed by atoms with E-state index in [0.29, 0.717) is 0 Å². The van der Waals surface area contributed by atoms with Gasteiger partial charge in [0, 0.05) is 0 Å². The van der Waals surface area contributed by atoms with E-state index >= 15 is 0 Å². The predicted octanol–water partition coefficient (Wildman–Crippen LogP) is -1.46. The maximum Gasteiger partial charge on any atom is 1.00 e. The second kappa shape index (κ2) is 6.59. The molecule has 1 aromatic rings. The summed E-state index contributed by atoms with van der Waals surface area (Å²) in [6, 6.07) is 5.02. The second-order valence-corrected chi connectivity index (χ2v) is 2.19. The van der Waals surface area contributed by atoms with Gasteiger partial charge in [0.05, 0.1) is 11.1 Å². The Morgan fingerprint density at radius 3 is 1.21 bits per heavy atom. The Kier molecular flexibility index (Phi) is 7.35. The van der Waals surface area contributed by atoms with Gasteiger partial charge >= 0.3 is 41.5 Å². The van der Waals surface area contributed by atoms with Crippen molar-refractivity contribution in [2.24, 2.45) is 0 Å². The fourth-order valence-electron chi connectivity index (χ4n) is 0.755. The van der Waals surface area contributed by atoms with Crippen molar-refractivity contribution >= 4 is 11.9 Å². The molecule has 0 aromatic heterocycles. The molecule has 4 nitrogen and oxygen atoms in total. The molecule has 0 saturated heterocycles. The van der Waals surface area contributed by atoms with Crippen molar-refractivity contribution in [2.75, 3.05) is 0 Å². The molecule has 0 aliphatic rings. The Balaban J connectivity index is 0. The van der Waals surface area contributed by atoms with Crippen LogP contribution in [-0.2, 0) is 0 Å². The molecule has 0 radical (unpaired) electrons. The van der Waals surface area contributed by atoms with Crippen LogP contribution in [0, 0.1) is 7.43 Å². The van der Waals surface area contributed by atoms with Gasteiger partial charge in [-0.15, -0.1) is 0 Å². The van der Waals surface area contributed by atoms with Crippen LogP contribution in [0.3, 0.4) is 0 Å². The van der Waals surface area contributed by atoms with Gasteiger partial charge in [0.25, 0.3) is 0 Å². The molecule has 0 atom stereocenters. The van der Waals surface area contributed by atoms with Gasteiger partial charge in [-0.1, -0.05) is 0 Å². The SMILES string of the molecule is O=C(O)c1ccc(C(=O)O)cc1.[CH3-].[Na+]. The summed E-state index contributed by atoms with van der Waals surface area (Å²) in [7, 11) is 0. The smallest absolute Gasteiger partial charge is 0.478 e. The number of carboxylic acids is 2. The average molecular weight is 204 g/mol. The molecule has 70 valence electrons. The van der Waals surface area contributed by atoms with Crippen LogP contribution in [-0.4, -0.2) is 22.2 Å². The molecular formula is C9H9NaO4. The molecule has 2 N–H and O–H groups in total. The minimum absolute atomic E-state index is 0. The minimum atomic E-state index is -1.06. The van der Waals surface area contributed by atoms with Crippen molar-refractivity contribution in [1.82, 2.24) is 0 Å². The molecule has 0 saturated carbocycles. The number of hydrogen-bond acceptors (Lipinski definition) is 2. The summed E-state index contributed by atoms with van der Waals surface area (Å²) in [6.07, 6.45) is 0. The summed E-state index contributed by atoms with van der Waals surface area (Å²) in [6.45, 7) is 0. The Hall–Kier alpha value is -0.840. The molecule has 1 aromatic carbocycles. The summed E-state index contributed by atoms with van der Waals surface area (Å²) < 4.78 is 0. The van der Waals surface area contributed by atoms with Crippen molar-refractivity contribution in [3.63, 3.8) is 0 Å². The minimum Gasteiger partial charge on any atom is -0.478 e. The monoisotopic (exact) mass is 204 g/mol. The Morgan fingerprint density at radius 2 is 1.07 bits per heavy atom. The molecule has 5 heteroatoms. The van der Waals surface area contributed by atoms with E-state index in [1.165, 1.54) is 24.3 Å². The van der Waals surface area contributed by atoms with Crippen LogP contribution in [0.15, 0.2) is 24.3 Å². The van der Waals surface area contributed by atoms with Crippen LogP contribution in [0.25, 0.3) is 0 Å². The van der Waals surface area contributed by atoms with Crippen LogP contribution < -0.4 is 29.6 Å². The first-order valence-corrected chi connectivity index (χ1v) is 3.18. The molecule has 14 heavy (non-hydrogen) atoms. The molecule has 0 aliphatic carbocycles. The molecule has 0 amide bonds. The molecule has 1 rings (SSSR count). The normalized spacial score (nSPS) is 8.00. The predicted molar refractivity (Wildman–Crippen MR) is 46.8 cm³/mol. The zero-order valence-corrected chi connectivity index (χ0v) is 10.0. The summed E-state index contributed by atoms with van der Waals surface area (Å²) in [5.41, 5.74) is 0.167. The number of aromatic carboxylic acids is 2. The van der Waals surface area contributed by atoms with Crippen LogP contribution in [0.1, 0.15) is 20.7 Å². The van der Waals surface area contributed by atoms with Crippen molar-refractivity contribution < 1.29 is 49.4 Å². The summed E-state index contributed by atoms with van der Waals surface area (Å²) in [4.78, 5) is 20.7. The van der Waals surface area contributed by atoms with E-state index in [0.717, 1.165) is 0 Å². The molecule has 0 spiro atoms. The van der Waals surface area contributed by atoms with Crippen molar-refractivity contribution in [2.45, 2.75) is 0 Å². The van der Waals surface area contributed by atoms with E-state index in [1.807, 2.05) is 0 Å². The van der Waals surface area contributed by atoms with Crippen molar-refractivity contribution in [3.05, 3.63) is 42.8 Å². The molecule has 0 unspecified atom stereocenters. The first-order valence-electron chi connectivity index (χ1n) is 3.18. The number of carboxylic acid groups (broad SMARTS) is 2. The maximum atomic E-state index is 10.3. The van der Waals surface area contributed by atoms with Crippen LogP contribution in [0.5, 0.6) is 0 Å². The fourth-order valence-corrected chi connectivity index (χ4v) is 0.755. The number of benzene rings is 1. The number of rotatable bonds is 2. The Bertz CT molecular complexity index is 285. The summed E-state index contributed by atoms with van der Waals surface area (Å²) in [5.74, 6) is -2.13. The van der Waals surface area contributed by atoms with Crippen LogP contribution in [0.2, 0.25) is 0 Å². The molecular weight excluding hydrogens is 195 g/mol. The van der Waals surface area contributed by atoms with Crippen molar-refractivity contribution in [3.8, 4) is 0 Å². The first kappa shape index (κ1) is 15.6. The van der Waals surface area contributed by atoms with E-state index in [2.05, 4.69) is 0 Å². The fraction of sp³-hybridized carbons (Fsp3) is 0. The second-order valence-electron chi connectivity index (χ2n) is 2.19. The van der Waals surface area contributed by atoms with Crippen LogP contribution >= 0.6 is 0 Å². The van der Waals surface area contributed by atoms with E-state index < -0.39 is 11.9 Å². The summed E-state index contributed by atoms with van der Waals surface area (Å²) >= 11 is 0. The van der Waals surface area contributed by atoms with E-state index in [-0.39, 0.29) is 48.1 Å². The summed E-state index contributed by atoms with van der Waals surface area (Å²) in [5, 5.41) is 16.9. The molecule has 0 bridgehead atoms. The standard InChI is InChI=1S/C8H6O4.CH3.Na/c9-7(10)5-1-2-6(4-3-5)8(11)12;;/h1-4H,(H,9,10)(H,11,12);1H3;/q;-1;+1. The first-order chi connectivity index (χ1) is 5.61. The van der Waals surface area contributed by atoms with Gasteiger partial charge in [-0.2, -0.15) is 0 Å². The van der Waals surface area contributed by atoms with Gasteiger partial charge in [-0.3, -0.25) is 0 Å². The largest absolute Gasteiger partial charge is 1.00 e. The zero-order chi connectivity index (χ0) is 9.14. The molecule has 0 heterocycles. The Morgan fingerprint density at radius 1 is 0.857 bits per heavy atom. The zero-order valence-electron chi connectivity index (χ0n) is 8.02. The number of hydrogen-bond donors (Lipinski definition) is 2. The van der Waals surface area contributed by atoms with Gasteiger partial charge in [0.1, 0.15) is 0 Å². The van der Waals surface area contributed by atoms with Crippen molar-refractivity contribution in [1.29, 1.82) is 0 Å². The molecule has 0 fully saturated rings.